The number of carboxylic acids is 1. The Bertz CT molecular complexity index is 807. The summed E-state index contributed by atoms with van der Waals surface area (Å²) in [5.74, 6) is -1.84. The number of hydrogen-bond donors (Lipinski definition) is 2. The van der Waals surface area contributed by atoms with Gasteiger partial charge < -0.3 is 15.2 Å². The SMILES string of the molecule is CCC(C)(NC(=O)c1nnn(-c2ccc(OC(F)F)cc2)c1C)C(=O)O. The molecule has 0 radical (unpaired) electrons. The number of benzene rings is 1. The molecule has 2 rings (SSSR count). The first-order valence-electron chi connectivity index (χ1n) is 7.71. The Balaban J connectivity index is 2.24. The van der Waals surface area contributed by atoms with Crippen molar-refractivity contribution in [3.63, 3.8) is 0 Å². The van der Waals surface area contributed by atoms with Crippen molar-refractivity contribution in [2.24, 2.45) is 0 Å². The van der Waals surface area contributed by atoms with Gasteiger partial charge in [-0.1, -0.05) is 12.1 Å². The van der Waals surface area contributed by atoms with Crippen molar-refractivity contribution in [2.45, 2.75) is 39.3 Å². The standard InChI is InChI=1S/C16H18F2N4O4/c1-4-16(3,14(24)25)19-13(23)12-9(2)22(21-20-12)10-5-7-11(8-6-10)26-15(17)18/h5-8,15H,4H2,1-3H3,(H,19,23)(H,24,25). The molecule has 0 aliphatic rings. The van der Waals surface area contributed by atoms with Gasteiger partial charge in [0.1, 0.15) is 11.3 Å². The van der Waals surface area contributed by atoms with E-state index in [-0.39, 0.29) is 17.9 Å². The number of carbonyl (C=O) groups excluding carboxylic acids is 1. The van der Waals surface area contributed by atoms with E-state index in [9.17, 15) is 23.5 Å². The first kappa shape index (κ1) is 19.3. The molecular formula is C16H18F2N4O4. The summed E-state index contributed by atoms with van der Waals surface area (Å²) in [6, 6.07) is 5.63. The van der Waals surface area contributed by atoms with E-state index in [2.05, 4.69) is 20.4 Å². The van der Waals surface area contributed by atoms with Crippen LogP contribution in [0.4, 0.5) is 8.78 Å². The Morgan fingerprint density at radius 2 is 1.96 bits per heavy atom. The van der Waals surface area contributed by atoms with Crippen molar-refractivity contribution in [2.75, 3.05) is 0 Å². The van der Waals surface area contributed by atoms with Gasteiger partial charge in [0.15, 0.2) is 5.69 Å². The number of hydrogen-bond acceptors (Lipinski definition) is 5. The zero-order valence-electron chi connectivity index (χ0n) is 14.4. The third-order valence-electron chi connectivity index (χ3n) is 3.98. The number of alkyl halides is 2. The lowest BCUT2D eigenvalue weighted by atomic mass is 9.99. The molecule has 10 heteroatoms. The van der Waals surface area contributed by atoms with Crippen molar-refractivity contribution < 1.29 is 28.2 Å². The summed E-state index contributed by atoms with van der Waals surface area (Å²) in [7, 11) is 0. The van der Waals surface area contributed by atoms with Gasteiger partial charge in [-0.15, -0.1) is 5.10 Å². The lowest BCUT2D eigenvalue weighted by Gasteiger charge is -2.24. The molecule has 1 heterocycles. The van der Waals surface area contributed by atoms with E-state index in [1.54, 1.807) is 13.8 Å². The summed E-state index contributed by atoms with van der Waals surface area (Å²) in [5.41, 5.74) is -0.610. The fourth-order valence-corrected chi connectivity index (χ4v) is 2.16. The molecule has 1 atom stereocenters. The highest BCUT2D eigenvalue weighted by molar-refractivity contribution is 5.97. The minimum absolute atomic E-state index is 0.0142. The third kappa shape index (κ3) is 3.95. The molecule has 2 aromatic rings. The van der Waals surface area contributed by atoms with Crippen LogP contribution < -0.4 is 10.1 Å². The molecule has 8 nitrogen and oxygen atoms in total. The van der Waals surface area contributed by atoms with Crippen LogP contribution in [0.25, 0.3) is 5.69 Å². The average molecular weight is 368 g/mol. The van der Waals surface area contributed by atoms with Crippen LogP contribution in [-0.4, -0.2) is 44.1 Å². The summed E-state index contributed by atoms with van der Waals surface area (Å²) in [4.78, 5) is 23.7. The van der Waals surface area contributed by atoms with E-state index in [0.717, 1.165) is 0 Å². The summed E-state index contributed by atoms with van der Waals surface area (Å²) < 4.78 is 30.0. The molecule has 1 amide bonds. The Labute approximate surface area is 147 Å². The Hall–Kier alpha value is -3.04. The van der Waals surface area contributed by atoms with Crippen molar-refractivity contribution in [3.05, 3.63) is 35.7 Å². The van der Waals surface area contributed by atoms with E-state index in [0.29, 0.717) is 11.4 Å². The first-order chi connectivity index (χ1) is 12.2. The minimum atomic E-state index is -2.92. The Kier molecular flexibility index (Phi) is 5.53. The lowest BCUT2D eigenvalue weighted by molar-refractivity contribution is -0.143. The molecule has 26 heavy (non-hydrogen) atoms. The second kappa shape index (κ2) is 7.46. The van der Waals surface area contributed by atoms with Gasteiger partial charge in [-0.3, -0.25) is 4.79 Å². The van der Waals surface area contributed by atoms with Gasteiger partial charge >= 0.3 is 12.6 Å². The van der Waals surface area contributed by atoms with Gasteiger partial charge in [0, 0.05) is 0 Å². The van der Waals surface area contributed by atoms with Gasteiger partial charge in [-0.2, -0.15) is 8.78 Å². The van der Waals surface area contributed by atoms with Gasteiger partial charge in [-0.05, 0) is 44.5 Å². The number of aromatic nitrogens is 3. The maximum absolute atomic E-state index is 12.4. The molecular weight excluding hydrogens is 350 g/mol. The summed E-state index contributed by atoms with van der Waals surface area (Å²) >= 11 is 0. The molecule has 2 N–H and O–H groups in total. The highest BCUT2D eigenvalue weighted by Gasteiger charge is 2.34. The number of ether oxygens (including phenoxy) is 1. The van der Waals surface area contributed by atoms with E-state index >= 15 is 0 Å². The van der Waals surface area contributed by atoms with Crippen molar-refractivity contribution in [1.29, 1.82) is 0 Å². The number of amides is 1. The monoisotopic (exact) mass is 368 g/mol. The largest absolute Gasteiger partial charge is 0.480 e. The average Bonchev–Trinajstić information content (AvgIpc) is 2.96. The zero-order valence-corrected chi connectivity index (χ0v) is 14.4. The molecule has 0 spiro atoms. The number of carbonyl (C=O) groups is 2. The minimum Gasteiger partial charge on any atom is -0.480 e. The van der Waals surface area contributed by atoms with Crippen LogP contribution in [0.3, 0.4) is 0 Å². The normalized spacial score (nSPS) is 13.3. The molecule has 0 fully saturated rings. The predicted octanol–water partition coefficient (Wildman–Crippen LogP) is 2.16. The second-order valence-corrected chi connectivity index (χ2v) is 5.75. The number of carboxylic acid groups (broad SMARTS) is 1. The second-order valence-electron chi connectivity index (χ2n) is 5.75. The van der Waals surface area contributed by atoms with Gasteiger partial charge in [0.2, 0.25) is 0 Å². The molecule has 0 bridgehead atoms. The van der Waals surface area contributed by atoms with Crippen LogP contribution in [0.2, 0.25) is 0 Å². The van der Waals surface area contributed by atoms with Gasteiger partial charge in [0.05, 0.1) is 11.4 Å². The lowest BCUT2D eigenvalue weighted by Crippen LogP contribution is -2.51. The number of nitrogens with zero attached hydrogens (tertiary/aromatic N) is 3. The molecule has 0 saturated heterocycles. The quantitative estimate of drug-likeness (QED) is 0.776. The maximum atomic E-state index is 12.4. The Morgan fingerprint density at radius 3 is 2.46 bits per heavy atom. The Morgan fingerprint density at radius 1 is 1.35 bits per heavy atom. The predicted molar refractivity (Wildman–Crippen MR) is 86.5 cm³/mol. The number of nitrogens with one attached hydrogen (secondary N) is 1. The van der Waals surface area contributed by atoms with Crippen LogP contribution in [0.15, 0.2) is 24.3 Å². The third-order valence-corrected chi connectivity index (χ3v) is 3.98. The van der Waals surface area contributed by atoms with Crippen LogP contribution in [0.1, 0.15) is 36.5 Å². The van der Waals surface area contributed by atoms with Gasteiger partial charge in [0.25, 0.3) is 5.91 Å². The summed E-state index contributed by atoms with van der Waals surface area (Å²) in [6.45, 7) is 1.70. The first-order valence-corrected chi connectivity index (χ1v) is 7.71. The maximum Gasteiger partial charge on any atom is 0.387 e. The number of halogens is 2. The zero-order chi connectivity index (χ0) is 19.5. The molecule has 0 aliphatic carbocycles. The summed E-state index contributed by atoms with van der Waals surface area (Å²) in [5, 5.41) is 19.4. The topological polar surface area (TPSA) is 106 Å². The van der Waals surface area contributed by atoms with Crippen LogP contribution in [0, 0.1) is 6.92 Å². The van der Waals surface area contributed by atoms with Crippen molar-refractivity contribution in [3.8, 4) is 11.4 Å². The van der Waals surface area contributed by atoms with Crippen molar-refractivity contribution >= 4 is 11.9 Å². The van der Waals surface area contributed by atoms with Crippen LogP contribution >= 0.6 is 0 Å². The highest BCUT2D eigenvalue weighted by Crippen LogP contribution is 2.19. The van der Waals surface area contributed by atoms with Crippen LogP contribution in [-0.2, 0) is 4.79 Å². The molecule has 0 aliphatic heterocycles. The van der Waals surface area contributed by atoms with Crippen LogP contribution in [0.5, 0.6) is 5.75 Å². The highest BCUT2D eigenvalue weighted by atomic mass is 19.3. The molecule has 140 valence electrons. The smallest absolute Gasteiger partial charge is 0.387 e. The fourth-order valence-electron chi connectivity index (χ4n) is 2.16. The van der Waals surface area contributed by atoms with E-state index in [1.165, 1.54) is 35.9 Å². The van der Waals surface area contributed by atoms with E-state index in [1.807, 2.05) is 0 Å². The van der Waals surface area contributed by atoms with E-state index in [4.69, 9.17) is 0 Å². The molecule has 0 saturated carbocycles. The number of aliphatic carboxylic acids is 1. The molecule has 1 aromatic heterocycles. The number of rotatable bonds is 7. The van der Waals surface area contributed by atoms with Crippen molar-refractivity contribution in [1.82, 2.24) is 20.3 Å². The van der Waals surface area contributed by atoms with Gasteiger partial charge in [-0.25, -0.2) is 9.48 Å². The molecule has 1 aromatic carbocycles. The molecule has 1 unspecified atom stereocenters. The fraction of sp³-hybridized carbons (Fsp3) is 0.375. The summed E-state index contributed by atoms with van der Waals surface area (Å²) in [6.07, 6.45) is 0.187. The van der Waals surface area contributed by atoms with E-state index < -0.39 is 24.0 Å².